The summed E-state index contributed by atoms with van der Waals surface area (Å²) in [5.41, 5.74) is 3.36. The summed E-state index contributed by atoms with van der Waals surface area (Å²) in [5, 5.41) is 37.9. The van der Waals surface area contributed by atoms with Gasteiger partial charge in [0.15, 0.2) is 17.0 Å². The summed E-state index contributed by atoms with van der Waals surface area (Å²) in [6.45, 7) is 5.12. The van der Waals surface area contributed by atoms with Crippen LogP contribution in [-0.4, -0.2) is 105 Å². The first-order valence-electron chi connectivity index (χ1n) is 17.6. The number of fused-ring (bicyclic) bond motifs is 1. The van der Waals surface area contributed by atoms with Gasteiger partial charge in [-0.05, 0) is 36.9 Å². The van der Waals surface area contributed by atoms with Gasteiger partial charge in [0.05, 0.1) is 18.4 Å². The lowest BCUT2D eigenvalue weighted by molar-refractivity contribution is -0.122. The summed E-state index contributed by atoms with van der Waals surface area (Å²) in [4.78, 5) is 41.7. The van der Waals surface area contributed by atoms with Crippen LogP contribution >= 0.6 is 0 Å². The van der Waals surface area contributed by atoms with E-state index in [9.17, 15) is 19.8 Å². The van der Waals surface area contributed by atoms with Gasteiger partial charge < -0.3 is 46.3 Å². The molecule has 6 atom stereocenters. The molecule has 2 aromatic carbocycles. The minimum absolute atomic E-state index is 0.0247. The number of aliphatic hydroxyl groups is 2. The van der Waals surface area contributed by atoms with Gasteiger partial charge in [0.1, 0.15) is 12.2 Å². The molecular formula is C36H46N10O4. The summed E-state index contributed by atoms with van der Waals surface area (Å²) < 4.78 is 1.79. The number of aromatic nitrogens is 4. The van der Waals surface area contributed by atoms with Gasteiger partial charge in [0.25, 0.3) is 0 Å². The molecule has 0 bridgehead atoms. The Balaban J connectivity index is 1.18. The van der Waals surface area contributed by atoms with E-state index in [2.05, 4.69) is 55.7 Å². The molecule has 7 rings (SSSR count). The van der Waals surface area contributed by atoms with Gasteiger partial charge in [0.2, 0.25) is 11.9 Å². The Labute approximate surface area is 291 Å². The molecule has 2 aromatic heterocycles. The topological polar surface area (TPSA) is 182 Å². The number of nitrogens with one attached hydrogen (secondary N) is 5. The van der Waals surface area contributed by atoms with Crippen LogP contribution in [0.2, 0.25) is 0 Å². The van der Waals surface area contributed by atoms with Crippen molar-refractivity contribution in [3.8, 4) is 0 Å². The Morgan fingerprint density at radius 1 is 0.940 bits per heavy atom. The highest BCUT2D eigenvalue weighted by atomic mass is 16.3. The Morgan fingerprint density at radius 2 is 1.66 bits per heavy atom. The van der Waals surface area contributed by atoms with Gasteiger partial charge in [-0.1, -0.05) is 67.6 Å². The maximum Gasteiger partial charge on any atom is 0.315 e. The lowest BCUT2D eigenvalue weighted by Gasteiger charge is -2.22. The van der Waals surface area contributed by atoms with Crippen LogP contribution < -0.4 is 31.5 Å². The highest BCUT2D eigenvalue weighted by Crippen LogP contribution is 2.35. The third-order valence-electron chi connectivity index (χ3n) is 10.2. The molecule has 3 amide bonds. The number of nitrogens with zero attached hydrogens (tertiary/aromatic N) is 5. The average molecular weight is 683 g/mol. The predicted molar refractivity (Wildman–Crippen MR) is 190 cm³/mol. The maximum atomic E-state index is 12.7. The number of carbonyl (C=O) groups excluding carboxylic acids is 2. The lowest BCUT2D eigenvalue weighted by atomic mass is 9.91. The van der Waals surface area contributed by atoms with E-state index in [-0.39, 0.29) is 36.4 Å². The zero-order chi connectivity index (χ0) is 34.6. The van der Waals surface area contributed by atoms with Gasteiger partial charge in [0, 0.05) is 50.6 Å². The van der Waals surface area contributed by atoms with Crippen LogP contribution in [-0.2, 0) is 4.79 Å². The fourth-order valence-electron chi connectivity index (χ4n) is 7.40. The zero-order valence-corrected chi connectivity index (χ0v) is 28.2. The molecule has 1 saturated carbocycles. The molecule has 50 heavy (non-hydrogen) atoms. The smallest absolute Gasteiger partial charge is 0.315 e. The zero-order valence-electron chi connectivity index (χ0n) is 28.2. The SMILES string of the molecule is CCC(=O)N[C@H]1C[C@@H](n2cnc3c(NCC(c4ccccc4)c4ccccc4)nc(N4CC[C@@H](NC(=O)N[C@@H]5CCNC5)C4)nc32)[C@H](O)[C@@H]1O. The number of rotatable bonds is 11. The molecule has 3 aliphatic rings. The predicted octanol–water partition coefficient (Wildman–Crippen LogP) is 1.87. The normalized spacial score (nSPS) is 24.9. The second-order valence-corrected chi connectivity index (χ2v) is 13.5. The van der Waals surface area contributed by atoms with E-state index in [1.807, 2.05) is 36.4 Å². The number of urea groups is 1. The molecule has 0 spiro atoms. The Kier molecular flexibility index (Phi) is 10.1. The first-order chi connectivity index (χ1) is 24.4. The third-order valence-corrected chi connectivity index (χ3v) is 10.2. The van der Waals surface area contributed by atoms with Crippen molar-refractivity contribution >= 4 is 34.9 Å². The van der Waals surface area contributed by atoms with Crippen molar-refractivity contribution in [1.29, 1.82) is 0 Å². The average Bonchev–Trinajstić information content (AvgIpc) is 3.95. The Morgan fingerprint density at radius 3 is 2.34 bits per heavy atom. The number of hydrogen-bond acceptors (Lipinski definition) is 10. The van der Waals surface area contributed by atoms with Crippen LogP contribution in [0.3, 0.4) is 0 Å². The molecular weight excluding hydrogens is 636 g/mol. The molecule has 1 aliphatic carbocycles. The second-order valence-electron chi connectivity index (χ2n) is 13.5. The maximum absolute atomic E-state index is 12.7. The number of carbonyl (C=O) groups is 2. The number of aliphatic hydroxyl groups excluding tert-OH is 2. The lowest BCUT2D eigenvalue weighted by Crippen LogP contribution is -2.47. The number of anilines is 2. The standard InChI is InChI=1S/C36H46N10O4/c1-2-29(47)42-27-17-28(32(49)31(27)48)46-21-39-30-33(38-19-26(22-9-5-3-6-10-22)23-11-7-4-8-12-23)43-35(44-34(30)46)45-16-14-25(20-45)41-36(50)40-24-13-15-37-18-24/h3-12,21,24-28,31-32,37,48-49H,2,13-20H2,1H3,(H,42,47)(H,38,43,44)(H2,40,41,50)/t24-,25-,27+,28-,31-,32+/m1/s1. The largest absolute Gasteiger partial charge is 0.388 e. The molecule has 264 valence electrons. The van der Waals surface area contributed by atoms with Crippen molar-refractivity contribution in [3.63, 3.8) is 0 Å². The Hall–Kier alpha value is -4.79. The molecule has 3 fully saturated rings. The van der Waals surface area contributed by atoms with Crippen LogP contribution in [0.4, 0.5) is 16.6 Å². The van der Waals surface area contributed by atoms with E-state index in [0.717, 1.165) is 37.1 Å². The summed E-state index contributed by atoms with van der Waals surface area (Å²) in [7, 11) is 0. The van der Waals surface area contributed by atoms with Gasteiger partial charge in [-0.2, -0.15) is 9.97 Å². The van der Waals surface area contributed by atoms with Crippen molar-refractivity contribution in [2.45, 2.75) is 74.9 Å². The van der Waals surface area contributed by atoms with Crippen molar-refractivity contribution in [1.82, 2.24) is 40.8 Å². The van der Waals surface area contributed by atoms with Crippen molar-refractivity contribution < 1.29 is 19.8 Å². The Bertz CT molecular complexity index is 1730. The molecule has 4 heterocycles. The van der Waals surface area contributed by atoms with E-state index >= 15 is 0 Å². The highest BCUT2D eigenvalue weighted by Gasteiger charge is 2.44. The van der Waals surface area contributed by atoms with E-state index in [4.69, 9.17) is 15.0 Å². The van der Waals surface area contributed by atoms with Crippen LogP contribution in [0.25, 0.3) is 11.2 Å². The molecule has 0 unspecified atom stereocenters. The van der Waals surface area contributed by atoms with E-state index in [0.29, 0.717) is 49.0 Å². The fourth-order valence-corrected chi connectivity index (χ4v) is 7.40. The summed E-state index contributed by atoms with van der Waals surface area (Å²) in [6.07, 6.45) is 1.58. The monoisotopic (exact) mass is 682 g/mol. The number of benzene rings is 2. The van der Waals surface area contributed by atoms with Crippen molar-refractivity contribution in [3.05, 3.63) is 78.1 Å². The quantitative estimate of drug-likeness (QED) is 0.123. The van der Waals surface area contributed by atoms with Crippen molar-refractivity contribution in [2.75, 3.05) is 42.9 Å². The second kappa shape index (κ2) is 15.0. The number of hydrogen-bond donors (Lipinski definition) is 7. The third kappa shape index (κ3) is 7.23. The number of imidazole rings is 1. The van der Waals surface area contributed by atoms with Crippen LogP contribution in [0.1, 0.15) is 55.7 Å². The molecule has 2 saturated heterocycles. The number of amides is 3. The molecule has 7 N–H and O–H groups in total. The molecule has 2 aliphatic heterocycles. The van der Waals surface area contributed by atoms with Gasteiger partial charge in [-0.25, -0.2) is 9.78 Å². The minimum Gasteiger partial charge on any atom is -0.388 e. The molecule has 14 heteroatoms. The fraction of sp³-hybridized carbons (Fsp3) is 0.472. The summed E-state index contributed by atoms with van der Waals surface area (Å²) >= 11 is 0. The molecule has 14 nitrogen and oxygen atoms in total. The van der Waals surface area contributed by atoms with Gasteiger partial charge in [-0.3, -0.25) is 4.79 Å². The first kappa shape index (κ1) is 33.7. The van der Waals surface area contributed by atoms with Gasteiger partial charge in [-0.15, -0.1) is 0 Å². The van der Waals surface area contributed by atoms with Gasteiger partial charge >= 0.3 is 6.03 Å². The first-order valence-corrected chi connectivity index (χ1v) is 17.6. The molecule has 0 radical (unpaired) electrons. The van der Waals surface area contributed by atoms with Crippen LogP contribution in [0, 0.1) is 0 Å². The summed E-state index contributed by atoms with van der Waals surface area (Å²) in [5.74, 6) is 0.862. The van der Waals surface area contributed by atoms with E-state index in [1.54, 1.807) is 17.8 Å². The van der Waals surface area contributed by atoms with Crippen LogP contribution in [0.15, 0.2) is 67.0 Å². The van der Waals surface area contributed by atoms with Crippen molar-refractivity contribution in [2.24, 2.45) is 0 Å². The highest BCUT2D eigenvalue weighted by molar-refractivity contribution is 5.85. The van der Waals surface area contributed by atoms with Crippen LogP contribution in [0.5, 0.6) is 0 Å². The van der Waals surface area contributed by atoms with E-state index in [1.165, 1.54) is 0 Å². The summed E-state index contributed by atoms with van der Waals surface area (Å²) in [6, 6.07) is 19.3. The minimum atomic E-state index is -1.14. The molecule has 4 aromatic rings. The van der Waals surface area contributed by atoms with E-state index < -0.39 is 24.3 Å².